The van der Waals surface area contributed by atoms with Gasteiger partial charge in [-0.2, -0.15) is 0 Å². The van der Waals surface area contributed by atoms with Gasteiger partial charge < -0.3 is 15.0 Å². The molecule has 1 saturated heterocycles. The van der Waals surface area contributed by atoms with Crippen molar-refractivity contribution in [3.8, 4) is 0 Å². The smallest absolute Gasteiger partial charge is 0.328 e. The third kappa shape index (κ3) is 5.37. The molecule has 2 aliphatic heterocycles. The molecule has 3 heterocycles. The van der Waals surface area contributed by atoms with E-state index in [0.717, 1.165) is 15.8 Å². The van der Waals surface area contributed by atoms with Gasteiger partial charge in [0, 0.05) is 31.6 Å². The van der Waals surface area contributed by atoms with Gasteiger partial charge in [-0.15, -0.1) is 0 Å². The molecule has 40 heavy (non-hydrogen) atoms. The zero-order valence-electron chi connectivity index (χ0n) is 22.8. The van der Waals surface area contributed by atoms with E-state index in [9.17, 15) is 19.2 Å². The first kappa shape index (κ1) is 27.2. The summed E-state index contributed by atoms with van der Waals surface area (Å²) in [7, 11) is 1.37. The number of methoxy groups -OCH3 is 1. The Hall–Kier alpha value is -4.38. The maximum absolute atomic E-state index is 13.0. The number of benzene rings is 2. The molecule has 1 N–H and O–H groups in total. The highest BCUT2D eigenvalue weighted by molar-refractivity contribution is 6.22. The number of imide groups is 1. The third-order valence-electron chi connectivity index (χ3n) is 7.33. The number of anilines is 1. The van der Waals surface area contributed by atoms with Crippen molar-refractivity contribution in [2.24, 2.45) is 5.92 Å². The Morgan fingerprint density at radius 1 is 0.925 bits per heavy atom. The lowest BCUT2D eigenvalue weighted by Crippen LogP contribution is -2.51. The van der Waals surface area contributed by atoms with Crippen LogP contribution < -0.4 is 5.32 Å². The quantitative estimate of drug-likeness (QED) is 0.336. The molecule has 2 aliphatic rings. The first-order chi connectivity index (χ1) is 19.3. The fourth-order valence-electron chi connectivity index (χ4n) is 5.05. The second-order valence-corrected chi connectivity index (χ2v) is 10.3. The van der Waals surface area contributed by atoms with Gasteiger partial charge >= 0.3 is 5.97 Å². The van der Waals surface area contributed by atoms with Crippen LogP contribution in [0, 0.1) is 5.92 Å². The second kappa shape index (κ2) is 11.4. The van der Waals surface area contributed by atoms with E-state index in [1.807, 2.05) is 38.1 Å². The Kier molecular flexibility index (Phi) is 7.74. The molecule has 2 aromatic carbocycles. The van der Waals surface area contributed by atoms with E-state index in [1.165, 1.54) is 7.11 Å². The number of piperazine rings is 1. The highest BCUT2D eigenvalue weighted by Crippen LogP contribution is 2.24. The maximum Gasteiger partial charge on any atom is 0.328 e. The average Bonchev–Trinajstić information content (AvgIpc) is 3.20. The predicted octanol–water partition coefficient (Wildman–Crippen LogP) is 2.18. The monoisotopic (exact) mass is 544 g/mol. The van der Waals surface area contributed by atoms with Crippen molar-refractivity contribution in [3.63, 3.8) is 0 Å². The summed E-state index contributed by atoms with van der Waals surface area (Å²) < 4.78 is 4.98. The number of aromatic nitrogens is 2. The molecule has 3 aromatic rings. The number of hydrogen-bond donors (Lipinski definition) is 1. The van der Waals surface area contributed by atoms with Gasteiger partial charge in [0.1, 0.15) is 24.2 Å². The number of carbonyl (C=O) groups excluding carboxylic acids is 4. The van der Waals surface area contributed by atoms with E-state index in [0.29, 0.717) is 55.5 Å². The zero-order valence-corrected chi connectivity index (χ0v) is 22.8. The van der Waals surface area contributed by atoms with Crippen LogP contribution in [0.1, 0.15) is 40.4 Å². The van der Waals surface area contributed by atoms with Crippen LogP contribution in [0.15, 0.2) is 48.5 Å². The lowest BCUT2D eigenvalue weighted by molar-refractivity contribution is -0.142. The second-order valence-electron chi connectivity index (χ2n) is 10.3. The van der Waals surface area contributed by atoms with E-state index in [2.05, 4.69) is 10.2 Å². The van der Waals surface area contributed by atoms with Crippen LogP contribution in [0.4, 0.5) is 5.82 Å². The van der Waals surface area contributed by atoms with E-state index >= 15 is 0 Å². The highest BCUT2D eigenvalue weighted by atomic mass is 16.5. The largest absolute Gasteiger partial charge is 0.467 e. The van der Waals surface area contributed by atoms with Gasteiger partial charge in [-0.1, -0.05) is 38.1 Å². The van der Waals surface area contributed by atoms with Gasteiger partial charge in [0.15, 0.2) is 0 Å². The number of amides is 3. The molecule has 0 spiro atoms. The Labute approximate surface area is 232 Å². The highest BCUT2D eigenvalue weighted by Gasteiger charge is 2.37. The lowest BCUT2D eigenvalue weighted by Gasteiger charge is -2.35. The normalized spacial score (nSPS) is 16.4. The molecule has 1 fully saturated rings. The van der Waals surface area contributed by atoms with Crippen LogP contribution in [0.3, 0.4) is 0 Å². The fraction of sp³-hybridized carbons (Fsp3) is 0.379. The van der Waals surface area contributed by atoms with Crippen molar-refractivity contribution in [3.05, 3.63) is 65.5 Å². The standard InChI is InChI=1S/C29H32N6O5/c1-18(2)25(29(39)40-3)32-26-21-10-6-7-11-22(21)30-23(31-26)16-33-12-14-34(15-13-33)24(36)17-35-27(37)19-8-4-5-9-20(19)28(35)38/h4-11,18,25H,12-17H2,1-3H3,(H,30,31,32)/t25-/m0/s1. The summed E-state index contributed by atoms with van der Waals surface area (Å²) in [6, 6.07) is 13.7. The Bertz CT molecular complexity index is 1430. The summed E-state index contributed by atoms with van der Waals surface area (Å²) in [4.78, 5) is 65.0. The topological polar surface area (TPSA) is 125 Å². The van der Waals surface area contributed by atoms with Gasteiger partial charge in [-0.25, -0.2) is 14.8 Å². The number of para-hydroxylation sites is 1. The van der Waals surface area contributed by atoms with E-state index in [1.54, 1.807) is 29.2 Å². The van der Waals surface area contributed by atoms with E-state index in [-0.39, 0.29) is 24.3 Å². The molecule has 0 aliphatic carbocycles. The molecule has 0 saturated carbocycles. The van der Waals surface area contributed by atoms with Crippen molar-refractivity contribution in [2.75, 3.05) is 45.2 Å². The number of esters is 1. The van der Waals surface area contributed by atoms with Crippen molar-refractivity contribution < 1.29 is 23.9 Å². The molecule has 0 radical (unpaired) electrons. The average molecular weight is 545 g/mol. The number of fused-ring (bicyclic) bond motifs is 2. The van der Waals surface area contributed by atoms with Crippen molar-refractivity contribution in [1.82, 2.24) is 24.7 Å². The van der Waals surface area contributed by atoms with Gasteiger partial charge in [0.25, 0.3) is 11.8 Å². The van der Waals surface area contributed by atoms with Crippen LogP contribution >= 0.6 is 0 Å². The summed E-state index contributed by atoms with van der Waals surface area (Å²) in [6.07, 6.45) is 0. The minimum Gasteiger partial charge on any atom is -0.467 e. The maximum atomic E-state index is 13.0. The molecule has 208 valence electrons. The van der Waals surface area contributed by atoms with Gasteiger partial charge in [-0.05, 0) is 30.2 Å². The number of hydrogen-bond acceptors (Lipinski definition) is 9. The van der Waals surface area contributed by atoms with Gasteiger partial charge in [0.05, 0.1) is 30.3 Å². The van der Waals surface area contributed by atoms with Crippen molar-refractivity contribution in [1.29, 1.82) is 0 Å². The first-order valence-electron chi connectivity index (χ1n) is 13.3. The molecule has 0 unspecified atom stereocenters. The molecule has 1 atom stereocenters. The summed E-state index contributed by atoms with van der Waals surface area (Å²) >= 11 is 0. The lowest BCUT2D eigenvalue weighted by atomic mass is 10.0. The molecule has 1 aromatic heterocycles. The van der Waals surface area contributed by atoms with E-state index < -0.39 is 17.9 Å². The van der Waals surface area contributed by atoms with Crippen LogP contribution in [-0.4, -0.2) is 94.2 Å². The van der Waals surface area contributed by atoms with Crippen molar-refractivity contribution in [2.45, 2.75) is 26.4 Å². The third-order valence-corrected chi connectivity index (χ3v) is 7.33. The Morgan fingerprint density at radius 3 is 2.17 bits per heavy atom. The van der Waals surface area contributed by atoms with Crippen LogP contribution in [-0.2, 0) is 20.9 Å². The Balaban J connectivity index is 1.23. The van der Waals surface area contributed by atoms with Crippen LogP contribution in [0.5, 0.6) is 0 Å². The number of nitrogens with zero attached hydrogens (tertiary/aromatic N) is 5. The summed E-state index contributed by atoms with van der Waals surface area (Å²) in [5.41, 5.74) is 1.43. The van der Waals surface area contributed by atoms with Gasteiger partial charge in [0.2, 0.25) is 5.91 Å². The molecule has 5 rings (SSSR count). The minimum absolute atomic E-state index is 0.0180. The first-order valence-corrected chi connectivity index (χ1v) is 13.3. The number of nitrogens with one attached hydrogen (secondary N) is 1. The van der Waals surface area contributed by atoms with Crippen LogP contribution in [0.25, 0.3) is 10.9 Å². The number of rotatable bonds is 8. The molecule has 11 heteroatoms. The summed E-state index contributed by atoms with van der Waals surface area (Å²) in [5, 5.41) is 4.07. The number of ether oxygens (including phenoxy) is 1. The summed E-state index contributed by atoms with van der Waals surface area (Å²) in [5.74, 6) is -0.338. The minimum atomic E-state index is -0.562. The fourth-order valence-corrected chi connectivity index (χ4v) is 5.05. The predicted molar refractivity (Wildman–Crippen MR) is 147 cm³/mol. The van der Waals surface area contributed by atoms with Gasteiger partial charge in [-0.3, -0.25) is 24.2 Å². The van der Waals surface area contributed by atoms with Crippen molar-refractivity contribution >= 4 is 40.4 Å². The Morgan fingerprint density at radius 2 is 1.55 bits per heavy atom. The SMILES string of the molecule is COC(=O)[C@@H](Nc1nc(CN2CCN(C(=O)CN3C(=O)c4ccccc4C3=O)CC2)nc2ccccc12)C(C)C. The number of carbonyl (C=O) groups is 4. The zero-order chi connectivity index (χ0) is 28.4. The molecule has 11 nitrogen and oxygen atoms in total. The molecule has 0 bridgehead atoms. The molecular weight excluding hydrogens is 512 g/mol. The molecular formula is C29H32N6O5. The van der Waals surface area contributed by atoms with Crippen LogP contribution in [0.2, 0.25) is 0 Å². The molecule has 3 amide bonds. The summed E-state index contributed by atoms with van der Waals surface area (Å²) in [6.45, 7) is 6.16. The van der Waals surface area contributed by atoms with E-state index in [4.69, 9.17) is 14.7 Å².